The highest BCUT2D eigenvalue weighted by atomic mass is 35.5. The lowest BCUT2D eigenvalue weighted by atomic mass is 9.94. The third-order valence-electron chi connectivity index (χ3n) is 5.91. The number of hydrogen-bond acceptors (Lipinski definition) is 5. The number of Topliss-reactive ketones (excluding diaryl/α,β-unsaturated/α-hetero) is 1. The number of amides is 1. The molecule has 0 saturated heterocycles. The van der Waals surface area contributed by atoms with Crippen LogP contribution in [0.25, 0.3) is 11.0 Å². The summed E-state index contributed by atoms with van der Waals surface area (Å²) in [6, 6.07) is 16.2. The lowest BCUT2D eigenvalue weighted by Gasteiger charge is -2.27. The van der Waals surface area contributed by atoms with Crippen LogP contribution in [0.3, 0.4) is 0 Å². The molecule has 0 fully saturated rings. The molecule has 1 N–H and O–H groups in total. The van der Waals surface area contributed by atoms with E-state index in [1.54, 1.807) is 30.3 Å². The molecule has 5 rings (SSSR count). The summed E-state index contributed by atoms with van der Waals surface area (Å²) in [6.45, 7) is 1.86. The van der Waals surface area contributed by atoms with Crippen LogP contribution in [-0.2, 0) is 4.79 Å². The fourth-order valence-corrected chi connectivity index (χ4v) is 4.54. The number of benzene rings is 3. The number of hydrogen-bond donors (Lipinski definition) is 1. The first-order valence-corrected chi connectivity index (χ1v) is 11.1. The summed E-state index contributed by atoms with van der Waals surface area (Å²) >= 11 is 6.14. The van der Waals surface area contributed by atoms with E-state index in [0.717, 1.165) is 5.56 Å². The van der Waals surface area contributed by atoms with Gasteiger partial charge in [-0.3, -0.25) is 14.5 Å². The second kappa shape index (κ2) is 8.60. The molecule has 35 heavy (non-hydrogen) atoms. The number of methoxy groups -OCH3 is 1. The van der Waals surface area contributed by atoms with Crippen molar-refractivity contribution in [3.05, 3.63) is 106 Å². The van der Waals surface area contributed by atoms with Crippen LogP contribution >= 0.6 is 11.6 Å². The Bertz CT molecular complexity index is 1520. The fourth-order valence-electron chi connectivity index (χ4n) is 4.32. The molecule has 0 spiro atoms. The summed E-state index contributed by atoms with van der Waals surface area (Å²) in [5.41, 5.74) is 1.95. The van der Waals surface area contributed by atoms with Gasteiger partial charge in [0, 0.05) is 22.2 Å². The number of carbonyl (C=O) groups is 2. The van der Waals surface area contributed by atoms with Crippen molar-refractivity contribution in [2.45, 2.75) is 13.0 Å². The van der Waals surface area contributed by atoms with Gasteiger partial charge in [0.1, 0.15) is 5.82 Å². The Hall–Kier alpha value is -4.10. The zero-order chi connectivity index (χ0) is 24.9. The van der Waals surface area contributed by atoms with Gasteiger partial charge in [0.15, 0.2) is 22.9 Å². The number of ether oxygens (including phenoxy) is 1. The molecule has 4 aromatic rings. The molecule has 1 aliphatic rings. The Morgan fingerprint density at radius 3 is 2.54 bits per heavy atom. The zero-order valence-corrected chi connectivity index (χ0v) is 19.5. The molecule has 1 amide bonds. The molecular weight excluding hydrogens is 473 g/mol. The quantitative estimate of drug-likeness (QED) is 0.330. The standard InChI is InChI=1S/C27H19ClFNO5/c1-14-4-3-5-19(10-14)30-23(15-6-8-18(29)9-7-15)22(25(32)27(30)33)24(31)20-12-16-11-17(28)13-21(34-2)26(16)35-20/h3-13,23,32H,1-2H3. The van der Waals surface area contributed by atoms with Crippen LogP contribution in [0.4, 0.5) is 10.1 Å². The van der Waals surface area contributed by atoms with Gasteiger partial charge < -0.3 is 14.3 Å². The van der Waals surface area contributed by atoms with E-state index >= 15 is 0 Å². The van der Waals surface area contributed by atoms with Gasteiger partial charge >= 0.3 is 0 Å². The number of fused-ring (bicyclic) bond motifs is 1. The molecule has 1 unspecified atom stereocenters. The third-order valence-corrected chi connectivity index (χ3v) is 6.13. The van der Waals surface area contributed by atoms with E-state index in [-0.39, 0.29) is 11.3 Å². The van der Waals surface area contributed by atoms with E-state index in [0.29, 0.717) is 33.0 Å². The maximum Gasteiger partial charge on any atom is 0.294 e. The Morgan fingerprint density at radius 2 is 1.86 bits per heavy atom. The normalized spacial score (nSPS) is 15.8. The van der Waals surface area contributed by atoms with E-state index in [9.17, 15) is 19.1 Å². The number of rotatable bonds is 5. The highest BCUT2D eigenvalue weighted by Gasteiger charge is 2.45. The van der Waals surface area contributed by atoms with E-state index in [1.165, 1.54) is 42.3 Å². The van der Waals surface area contributed by atoms with Crippen molar-refractivity contribution < 1.29 is 28.2 Å². The van der Waals surface area contributed by atoms with Crippen molar-refractivity contribution in [3.63, 3.8) is 0 Å². The molecule has 1 atom stereocenters. The molecule has 1 aliphatic heterocycles. The summed E-state index contributed by atoms with van der Waals surface area (Å²) in [7, 11) is 1.45. The fraction of sp³-hybridized carbons (Fsp3) is 0.111. The molecule has 0 aliphatic carbocycles. The summed E-state index contributed by atoms with van der Waals surface area (Å²) in [4.78, 5) is 28.3. The number of carbonyl (C=O) groups excluding carboxylic acids is 2. The molecule has 0 saturated carbocycles. The number of nitrogens with zero attached hydrogens (tertiary/aromatic N) is 1. The summed E-state index contributed by atoms with van der Waals surface area (Å²) in [5.74, 6) is -2.37. The number of ketones is 1. The summed E-state index contributed by atoms with van der Waals surface area (Å²) < 4.78 is 24.8. The smallest absolute Gasteiger partial charge is 0.294 e. The number of aryl methyl sites for hydroxylation is 1. The van der Waals surface area contributed by atoms with Crippen LogP contribution in [0, 0.1) is 12.7 Å². The second-order valence-electron chi connectivity index (χ2n) is 8.20. The second-order valence-corrected chi connectivity index (χ2v) is 8.63. The average Bonchev–Trinajstić information content (AvgIpc) is 3.37. The third kappa shape index (κ3) is 3.84. The monoisotopic (exact) mass is 491 g/mol. The van der Waals surface area contributed by atoms with Gasteiger partial charge in [0.05, 0.1) is 18.7 Å². The van der Waals surface area contributed by atoms with Gasteiger partial charge in [0.2, 0.25) is 5.78 Å². The number of aliphatic hydroxyl groups is 1. The number of halogens is 2. The molecule has 1 aromatic heterocycles. The minimum absolute atomic E-state index is 0.104. The Morgan fingerprint density at radius 1 is 1.11 bits per heavy atom. The first-order valence-electron chi connectivity index (χ1n) is 10.7. The number of furan rings is 1. The SMILES string of the molecule is COc1cc(Cl)cc2cc(C(=O)C3=C(O)C(=O)N(c4cccc(C)c4)C3c3ccc(F)cc3)oc12. The van der Waals surface area contributed by atoms with Gasteiger partial charge in [0.25, 0.3) is 5.91 Å². The molecule has 0 bridgehead atoms. The van der Waals surface area contributed by atoms with Crippen molar-refractivity contribution in [3.8, 4) is 5.75 Å². The highest BCUT2D eigenvalue weighted by molar-refractivity contribution is 6.31. The Labute approximate surface area is 204 Å². The molecule has 2 heterocycles. The highest BCUT2D eigenvalue weighted by Crippen LogP contribution is 2.43. The Balaban J connectivity index is 1.67. The average molecular weight is 492 g/mol. The molecule has 8 heteroatoms. The minimum atomic E-state index is -1.00. The van der Waals surface area contributed by atoms with Crippen molar-refractivity contribution in [1.82, 2.24) is 0 Å². The van der Waals surface area contributed by atoms with Crippen LogP contribution in [0.1, 0.15) is 27.7 Å². The summed E-state index contributed by atoms with van der Waals surface area (Å²) in [6.07, 6.45) is 0. The van der Waals surface area contributed by atoms with E-state index in [4.69, 9.17) is 20.8 Å². The van der Waals surface area contributed by atoms with Crippen molar-refractivity contribution >= 4 is 39.9 Å². The molecular formula is C27H19ClFNO5. The minimum Gasteiger partial charge on any atom is -0.503 e. The van der Waals surface area contributed by atoms with Gasteiger partial charge in [-0.05, 0) is 54.4 Å². The number of anilines is 1. The first kappa shape index (κ1) is 22.7. The van der Waals surface area contributed by atoms with Crippen LogP contribution in [0.2, 0.25) is 5.02 Å². The zero-order valence-electron chi connectivity index (χ0n) is 18.7. The predicted octanol–water partition coefficient (Wildman–Crippen LogP) is 6.33. The van der Waals surface area contributed by atoms with Crippen LogP contribution in [-0.4, -0.2) is 23.9 Å². The van der Waals surface area contributed by atoms with Gasteiger partial charge in [-0.15, -0.1) is 0 Å². The van der Waals surface area contributed by atoms with E-state index < -0.39 is 29.3 Å². The van der Waals surface area contributed by atoms with Crippen molar-refractivity contribution in [2.75, 3.05) is 12.0 Å². The van der Waals surface area contributed by atoms with Crippen LogP contribution in [0.5, 0.6) is 5.75 Å². The van der Waals surface area contributed by atoms with Crippen LogP contribution < -0.4 is 9.64 Å². The molecule has 6 nitrogen and oxygen atoms in total. The topological polar surface area (TPSA) is 80.0 Å². The predicted molar refractivity (Wildman–Crippen MR) is 130 cm³/mol. The van der Waals surface area contributed by atoms with Crippen molar-refractivity contribution in [1.29, 1.82) is 0 Å². The molecule has 176 valence electrons. The molecule has 3 aromatic carbocycles. The maximum atomic E-state index is 13.7. The van der Waals surface area contributed by atoms with Gasteiger partial charge in [-0.25, -0.2) is 4.39 Å². The lowest BCUT2D eigenvalue weighted by molar-refractivity contribution is -0.117. The van der Waals surface area contributed by atoms with E-state index in [1.807, 2.05) is 13.0 Å². The van der Waals surface area contributed by atoms with Gasteiger partial charge in [-0.1, -0.05) is 35.9 Å². The lowest BCUT2D eigenvalue weighted by Crippen LogP contribution is -2.31. The first-order chi connectivity index (χ1) is 16.8. The van der Waals surface area contributed by atoms with Crippen LogP contribution in [0.15, 0.2) is 82.5 Å². The number of aliphatic hydroxyl groups excluding tert-OH is 1. The van der Waals surface area contributed by atoms with Gasteiger partial charge in [-0.2, -0.15) is 0 Å². The van der Waals surface area contributed by atoms with Crippen molar-refractivity contribution in [2.24, 2.45) is 0 Å². The van der Waals surface area contributed by atoms with E-state index in [2.05, 4.69) is 0 Å². The largest absolute Gasteiger partial charge is 0.503 e. The summed E-state index contributed by atoms with van der Waals surface area (Å²) in [5, 5.41) is 11.8. The Kier molecular flexibility index (Phi) is 5.57. The maximum absolute atomic E-state index is 13.7. The molecule has 0 radical (unpaired) electrons.